The van der Waals surface area contributed by atoms with E-state index < -0.39 is 0 Å². The van der Waals surface area contributed by atoms with Gasteiger partial charge >= 0.3 is 0 Å². The number of ether oxygens (including phenoxy) is 1. The average Bonchev–Trinajstić information content (AvgIpc) is 2.16. The summed E-state index contributed by atoms with van der Waals surface area (Å²) in [5.74, 6) is 0. The van der Waals surface area contributed by atoms with Crippen LogP contribution in [-0.2, 0) is 4.74 Å². The quantitative estimate of drug-likeness (QED) is 0.514. The normalized spacial score (nSPS) is 9.85. The summed E-state index contributed by atoms with van der Waals surface area (Å²) < 4.78 is 5.36. The molecule has 0 aliphatic carbocycles. The summed E-state index contributed by atoms with van der Waals surface area (Å²) in [5.41, 5.74) is 0. The lowest BCUT2D eigenvalue weighted by Crippen LogP contribution is -1.96. The molecular formula is C11H21NO. The third-order valence-corrected chi connectivity index (χ3v) is 1.97. The van der Waals surface area contributed by atoms with E-state index in [2.05, 4.69) is 13.0 Å². The summed E-state index contributed by atoms with van der Waals surface area (Å²) in [6, 6.07) is 2.11. The summed E-state index contributed by atoms with van der Waals surface area (Å²) in [6.07, 6.45) is 7.93. The highest BCUT2D eigenvalue weighted by Crippen LogP contribution is 2.02. The molecule has 0 saturated heterocycles. The predicted octanol–water partition coefficient (Wildman–Crippen LogP) is 3.28. The number of hydrogen-bond donors (Lipinski definition) is 0. The molecule has 0 N–H and O–H groups in total. The van der Waals surface area contributed by atoms with Gasteiger partial charge in [-0.15, -0.1) is 0 Å². The molecule has 0 atom stereocenters. The maximum absolute atomic E-state index is 8.26. The summed E-state index contributed by atoms with van der Waals surface area (Å²) >= 11 is 0. The van der Waals surface area contributed by atoms with E-state index in [-0.39, 0.29) is 0 Å². The second-order valence-electron chi connectivity index (χ2n) is 3.29. The van der Waals surface area contributed by atoms with Gasteiger partial charge in [-0.05, 0) is 12.8 Å². The molecule has 0 aromatic heterocycles. The lowest BCUT2D eigenvalue weighted by molar-refractivity contribution is 0.128. The minimum Gasteiger partial charge on any atom is -0.381 e. The van der Waals surface area contributed by atoms with E-state index in [0.717, 1.165) is 19.6 Å². The van der Waals surface area contributed by atoms with Gasteiger partial charge in [-0.3, -0.25) is 0 Å². The summed E-state index contributed by atoms with van der Waals surface area (Å²) in [4.78, 5) is 0. The third kappa shape index (κ3) is 11.5. The second-order valence-corrected chi connectivity index (χ2v) is 3.29. The highest BCUT2D eigenvalue weighted by molar-refractivity contribution is 4.67. The van der Waals surface area contributed by atoms with Crippen LogP contribution in [0.5, 0.6) is 0 Å². The van der Waals surface area contributed by atoms with Gasteiger partial charge in [-0.1, -0.05) is 32.6 Å². The van der Waals surface area contributed by atoms with Crippen LogP contribution in [0.1, 0.15) is 51.9 Å². The highest BCUT2D eigenvalue weighted by atomic mass is 16.5. The lowest BCUT2D eigenvalue weighted by atomic mass is 10.2. The topological polar surface area (TPSA) is 33.0 Å². The number of unbranched alkanes of at least 4 members (excludes halogenated alkanes) is 5. The average molecular weight is 183 g/mol. The van der Waals surface area contributed by atoms with Crippen molar-refractivity contribution in [1.29, 1.82) is 5.26 Å². The fraction of sp³-hybridized carbons (Fsp3) is 0.909. The zero-order valence-electron chi connectivity index (χ0n) is 8.72. The molecule has 2 nitrogen and oxygen atoms in total. The van der Waals surface area contributed by atoms with E-state index in [4.69, 9.17) is 10.00 Å². The van der Waals surface area contributed by atoms with Gasteiger partial charge in [-0.25, -0.2) is 0 Å². The Morgan fingerprint density at radius 3 is 2.38 bits per heavy atom. The SMILES string of the molecule is CCCCCCCOCCCC#N. The van der Waals surface area contributed by atoms with Crippen molar-refractivity contribution in [3.63, 3.8) is 0 Å². The van der Waals surface area contributed by atoms with Crippen LogP contribution in [0.25, 0.3) is 0 Å². The molecular weight excluding hydrogens is 162 g/mol. The Hall–Kier alpha value is -0.550. The van der Waals surface area contributed by atoms with Gasteiger partial charge in [0.2, 0.25) is 0 Å². The van der Waals surface area contributed by atoms with Gasteiger partial charge in [0.25, 0.3) is 0 Å². The Balaban J connectivity index is 2.80. The van der Waals surface area contributed by atoms with Crippen molar-refractivity contribution < 1.29 is 4.74 Å². The molecule has 0 spiro atoms. The number of nitrogens with zero attached hydrogens (tertiary/aromatic N) is 1. The molecule has 0 unspecified atom stereocenters. The van der Waals surface area contributed by atoms with Crippen LogP contribution in [0.15, 0.2) is 0 Å². The Labute approximate surface area is 81.9 Å². The van der Waals surface area contributed by atoms with E-state index in [1.165, 1.54) is 32.1 Å². The van der Waals surface area contributed by atoms with Gasteiger partial charge in [0, 0.05) is 19.6 Å². The molecule has 76 valence electrons. The monoisotopic (exact) mass is 183 g/mol. The molecule has 0 aliphatic heterocycles. The minimum absolute atomic E-state index is 0.621. The van der Waals surface area contributed by atoms with Crippen LogP contribution >= 0.6 is 0 Å². The Morgan fingerprint density at radius 2 is 1.69 bits per heavy atom. The van der Waals surface area contributed by atoms with Gasteiger partial charge in [0.05, 0.1) is 6.07 Å². The van der Waals surface area contributed by atoms with E-state index in [0.29, 0.717) is 6.42 Å². The van der Waals surface area contributed by atoms with Crippen molar-refractivity contribution in [3.8, 4) is 6.07 Å². The Bertz CT molecular complexity index is 129. The fourth-order valence-corrected chi connectivity index (χ4v) is 1.16. The maximum Gasteiger partial charge on any atom is 0.0622 e. The van der Waals surface area contributed by atoms with Crippen LogP contribution in [0.2, 0.25) is 0 Å². The highest BCUT2D eigenvalue weighted by Gasteiger charge is 1.90. The van der Waals surface area contributed by atoms with Gasteiger partial charge in [-0.2, -0.15) is 5.26 Å². The molecule has 0 fully saturated rings. The van der Waals surface area contributed by atoms with Gasteiger partial charge in [0.15, 0.2) is 0 Å². The van der Waals surface area contributed by atoms with Crippen LogP contribution in [0, 0.1) is 11.3 Å². The van der Waals surface area contributed by atoms with Crippen molar-refractivity contribution in [2.75, 3.05) is 13.2 Å². The van der Waals surface area contributed by atoms with Crippen LogP contribution in [0.3, 0.4) is 0 Å². The fourth-order valence-electron chi connectivity index (χ4n) is 1.16. The summed E-state index contributed by atoms with van der Waals surface area (Å²) in [5, 5.41) is 8.26. The standard InChI is InChI=1S/C11H21NO/c1-2-3-4-5-7-10-13-11-8-6-9-12/h2-8,10-11H2,1H3. The molecule has 0 saturated carbocycles. The molecule has 13 heavy (non-hydrogen) atoms. The minimum atomic E-state index is 0.621. The number of hydrogen-bond acceptors (Lipinski definition) is 2. The molecule has 0 heterocycles. The van der Waals surface area contributed by atoms with Crippen molar-refractivity contribution in [2.45, 2.75) is 51.9 Å². The van der Waals surface area contributed by atoms with Gasteiger partial charge in [0.1, 0.15) is 0 Å². The van der Waals surface area contributed by atoms with Crippen LogP contribution in [-0.4, -0.2) is 13.2 Å². The van der Waals surface area contributed by atoms with E-state index in [1.54, 1.807) is 0 Å². The molecule has 0 amide bonds. The number of rotatable bonds is 9. The van der Waals surface area contributed by atoms with E-state index in [9.17, 15) is 0 Å². The molecule has 0 radical (unpaired) electrons. The van der Waals surface area contributed by atoms with Gasteiger partial charge < -0.3 is 4.74 Å². The second kappa shape index (κ2) is 11.4. The van der Waals surface area contributed by atoms with Crippen molar-refractivity contribution in [2.24, 2.45) is 0 Å². The molecule has 0 rings (SSSR count). The first-order valence-corrected chi connectivity index (χ1v) is 5.36. The van der Waals surface area contributed by atoms with Crippen molar-refractivity contribution in [3.05, 3.63) is 0 Å². The largest absolute Gasteiger partial charge is 0.381 e. The molecule has 0 bridgehead atoms. The van der Waals surface area contributed by atoms with E-state index >= 15 is 0 Å². The summed E-state index contributed by atoms with van der Waals surface area (Å²) in [6.45, 7) is 3.84. The van der Waals surface area contributed by atoms with Crippen molar-refractivity contribution in [1.82, 2.24) is 0 Å². The first-order valence-electron chi connectivity index (χ1n) is 5.36. The summed E-state index contributed by atoms with van der Waals surface area (Å²) in [7, 11) is 0. The molecule has 0 aliphatic rings. The molecule has 0 aromatic rings. The third-order valence-electron chi connectivity index (χ3n) is 1.97. The predicted molar refractivity (Wildman–Crippen MR) is 54.4 cm³/mol. The first-order chi connectivity index (χ1) is 6.41. The molecule has 2 heteroatoms. The number of nitriles is 1. The Kier molecular flexibility index (Phi) is 11.0. The lowest BCUT2D eigenvalue weighted by Gasteiger charge is -2.01. The zero-order valence-corrected chi connectivity index (χ0v) is 8.72. The maximum atomic E-state index is 8.26. The smallest absolute Gasteiger partial charge is 0.0622 e. The van der Waals surface area contributed by atoms with Crippen LogP contribution in [0.4, 0.5) is 0 Å². The molecule has 0 aromatic carbocycles. The van der Waals surface area contributed by atoms with Crippen molar-refractivity contribution >= 4 is 0 Å². The first kappa shape index (κ1) is 12.4. The Morgan fingerprint density at radius 1 is 1.00 bits per heavy atom. The van der Waals surface area contributed by atoms with Crippen LogP contribution < -0.4 is 0 Å². The van der Waals surface area contributed by atoms with E-state index in [1.807, 2.05) is 0 Å². The zero-order chi connectivity index (χ0) is 9.78.